The largest absolute Gasteiger partial charge is 0.305 e. The molecule has 94 valence electrons. The minimum atomic E-state index is 0.271. The Hall–Kier alpha value is -0.900. The molecule has 2 aromatic rings. The molecule has 0 aliphatic carbocycles. The van der Waals surface area contributed by atoms with Crippen LogP contribution in [-0.4, -0.2) is 4.98 Å². The van der Waals surface area contributed by atoms with Crippen LogP contribution in [0.3, 0.4) is 0 Å². The number of nitrogens with one attached hydrogen (secondary N) is 1. The van der Waals surface area contributed by atoms with E-state index in [9.17, 15) is 0 Å². The molecule has 0 unspecified atom stereocenters. The molecule has 1 atom stereocenters. The summed E-state index contributed by atoms with van der Waals surface area (Å²) in [4.78, 5) is 4.33. The number of hydrogen-bond donors (Lipinski definition) is 1. The molecule has 2 nitrogen and oxygen atoms in total. The number of halogens is 2. The van der Waals surface area contributed by atoms with E-state index in [4.69, 9.17) is 11.6 Å². The van der Waals surface area contributed by atoms with Gasteiger partial charge in [-0.25, -0.2) is 0 Å². The number of benzene rings is 1. The predicted molar refractivity (Wildman–Crippen MR) is 78.6 cm³/mol. The number of pyridine rings is 1. The first-order chi connectivity index (χ1) is 8.65. The second-order valence-corrected chi connectivity index (χ2v) is 5.47. The lowest BCUT2D eigenvalue weighted by atomic mass is 10.1. The van der Waals surface area contributed by atoms with Gasteiger partial charge in [0.15, 0.2) is 0 Å². The molecule has 0 aliphatic heterocycles. The van der Waals surface area contributed by atoms with Gasteiger partial charge in [0, 0.05) is 28.3 Å². The highest BCUT2D eigenvalue weighted by molar-refractivity contribution is 9.10. The lowest BCUT2D eigenvalue weighted by Crippen LogP contribution is -2.18. The lowest BCUT2D eigenvalue weighted by Gasteiger charge is -2.14. The van der Waals surface area contributed by atoms with Crippen LogP contribution in [0, 0.1) is 0 Å². The van der Waals surface area contributed by atoms with Crippen molar-refractivity contribution in [2.45, 2.75) is 19.5 Å². The molecular weight excluding hydrogens is 312 g/mol. The third kappa shape index (κ3) is 3.80. The van der Waals surface area contributed by atoms with Crippen LogP contribution in [0.5, 0.6) is 0 Å². The summed E-state index contributed by atoms with van der Waals surface area (Å²) in [7, 11) is 0. The molecule has 0 saturated carbocycles. The van der Waals surface area contributed by atoms with E-state index in [0.29, 0.717) is 0 Å². The van der Waals surface area contributed by atoms with Gasteiger partial charge >= 0.3 is 0 Å². The van der Waals surface area contributed by atoms with Crippen LogP contribution in [0.25, 0.3) is 0 Å². The first-order valence-corrected chi connectivity index (χ1v) is 6.91. The second kappa shape index (κ2) is 6.32. The van der Waals surface area contributed by atoms with Gasteiger partial charge in [0.1, 0.15) is 0 Å². The minimum Gasteiger partial charge on any atom is -0.305 e. The zero-order valence-corrected chi connectivity index (χ0v) is 12.4. The van der Waals surface area contributed by atoms with Gasteiger partial charge in [0.2, 0.25) is 0 Å². The molecule has 0 amide bonds. The highest BCUT2D eigenvalue weighted by Crippen LogP contribution is 2.16. The zero-order valence-electron chi connectivity index (χ0n) is 10.0. The molecule has 18 heavy (non-hydrogen) atoms. The monoisotopic (exact) mass is 324 g/mol. The number of nitrogens with zero attached hydrogens (tertiary/aromatic N) is 1. The van der Waals surface area contributed by atoms with Crippen LogP contribution in [0.2, 0.25) is 5.02 Å². The Balaban J connectivity index is 1.93. The van der Waals surface area contributed by atoms with E-state index in [0.717, 1.165) is 21.7 Å². The van der Waals surface area contributed by atoms with Gasteiger partial charge in [-0.05, 0) is 52.7 Å². The van der Waals surface area contributed by atoms with Crippen LogP contribution < -0.4 is 5.32 Å². The average Bonchev–Trinajstić information content (AvgIpc) is 2.38. The van der Waals surface area contributed by atoms with Gasteiger partial charge in [0.05, 0.1) is 5.69 Å². The van der Waals surface area contributed by atoms with E-state index in [2.05, 4.69) is 33.2 Å². The SMILES string of the molecule is C[C@@H](NCc1ccc(Br)cn1)c1ccc(Cl)cc1. The van der Waals surface area contributed by atoms with E-state index >= 15 is 0 Å². The van der Waals surface area contributed by atoms with E-state index < -0.39 is 0 Å². The number of rotatable bonds is 4. The zero-order chi connectivity index (χ0) is 13.0. The molecule has 0 saturated heterocycles. The van der Waals surface area contributed by atoms with Crippen LogP contribution >= 0.6 is 27.5 Å². The highest BCUT2D eigenvalue weighted by atomic mass is 79.9. The Morgan fingerprint density at radius 3 is 2.56 bits per heavy atom. The summed E-state index contributed by atoms with van der Waals surface area (Å²) in [5, 5.41) is 4.20. The van der Waals surface area contributed by atoms with Crippen LogP contribution in [0.1, 0.15) is 24.2 Å². The molecule has 2 rings (SSSR count). The second-order valence-electron chi connectivity index (χ2n) is 4.12. The molecule has 0 radical (unpaired) electrons. The fourth-order valence-electron chi connectivity index (χ4n) is 1.64. The molecule has 0 fully saturated rings. The van der Waals surface area contributed by atoms with Gasteiger partial charge in [-0.1, -0.05) is 23.7 Å². The van der Waals surface area contributed by atoms with Crippen molar-refractivity contribution in [1.82, 2.24) is 10.3 Å². The normalized spacial score (nSPS) is 12.4. The van der Waals surface area contributed by atoms with Crippen molar-refractivity contribution in [1.29, 1.82) is 0 Å². The molecule has 0 bridgehead atoms. The topological polar surface area (TPSA) is 24.9 Å². The summed E-state index contributed by atoms with van der Waals surface area (Å²) < 4.78 is 0.997. The standard InChI is InChI=1S/C14H14BrClN2/c1-10(11-2-5-13(16)6-3-11)17-9-14-7-4-12(15)8-18-14/h2-8,10,17H,9H2,1H3/t10-/m1/s1. The van der Waals surface area contributed by atoms with E-state index in [1.165, 1.54) is 5.56 Å². The molecule has 1 aromatic carbocycles. The molecule has 0 aliphatic rings. The Bertz CT molecular complexity index is 496. The summed E-state index contributed by atoms with van der Waals surface area (Å²) in [5.41, 5.74) is 2.25. The first-order valence-electron chi connectivity index (χ1n) is 5.74. The summed E-state index contributed by atoms with van der Waals surface area (Å²) in [6.45, 7) is 2.87. The lowest BCUT2D eigenvalue weighted by molar-refractivity contribution is 0.568. The number of aromatic nitrogens is 1. The Morgan fingerprint density at radius 2 is 1.94 bits per heavy atom. The molecule has 4 heteroatoms. The van der Waals surface area contributed by atoms with Gasteiger partial charge in [-0.3, -0.25) is 4.98 Å². The Morgan fingerprint density at radius 1 is 1.22 bits per heavy atom. The van der Waals surface area contributed by atoms with Crippen LogP contribution in [0.15, 0.2) is 47.1 Å². The van der Waals surface area contributed by atoms with Crippen LogP contribution in [-0.2, 0) is 6.54 Å². The first kappa shape index (κ1) is 13.5. The van der Waals surface area contributed by atoms with Gasteiger partial charge < -0.3 is 5.32 Å². The smallest absolute Gasteiger partial charge is 0.0542 e. The summed E-state index contributed by atoms with van der Waals surface area (Å²) in [5.74, 6) is 0. The minimum absolute atomic E-state index is 0.271. The molecule has 1 aromatic heterocycles. The Kier molecular flexibility index (Phi) is 4.75. The fraction of sp³-hybridized carbons (Fsp3) is 0.214. The number of hydrogen-bond acceptors (Lipinski definition) is 2. The highest BCUT2D eigenvalue weighted by Gasteiger charge is 2.04. The summed E-state index contributed by atoms with van der Waals surface area (Å²) in [6.07, 6.45) is 1.81. The van der Waals surface area contributed by atoms with Crippen molar-refractivity contribution < 1.29 is 0 Å². The quantitative estimate of drug-likeness (QED) is 0.904. The van der Waals surface area contributed by atoms with E-state index in [-0.39, 0.29) is 6.04 Å². The van der Waals surface area contributed by atoms with Gasteiger partial charge in [0.25, 0.3) is 0 Å². The molecule has 1 heterocycles. The van der Waals surface area contributed by atoms with E-state index in [1.54, 1.807) is 0 Å². The average molecular weight is 326 g/mol. The molecule has 0 spiro atoms. The molecular formula is C14H14BrClN2. The molecule has 1 N–H and O–H groups in total. The van der Waals surface area contributed by atoms with E-state index in [1.807, 2.05) is 42.6 Å². The summed E-state index contributed by atoms with van der Waals surface area (Å²) in [6, 6.07) is 12.2. The van der Waals surface area contributed by atoms with Crippen molar-refractivity contribution in [3.05, 3.63) is 63.3 Å². The maximum Gasteiger partial charge on any atom is 0.0542 e. The van der Waals surface area contributed by atoms with Crippen molar-refractivity contribution >= 4 is 27.5 Å². The van der Waals surface area contributed by atoms with Crippen LogP contribution in [0.4, 0.5) is 0 Å². The predicted octanol–water partition coefficient (Wildman–Crippen LogP) is 4.35. The third-order valence-corrected chi connectivity index (χ3v) is 3.47. The van der Waals surface area contributed by atoms with Gasteiger partial charge in [-0.2, -0.15) is 0 Å². The Labute approximate surface area is 121 Å². The van der Waals surface area contributed by atoms with Crippen molar-refractivity contribution in [2.24, 2.45) is 0 Å². The fourth-order valence-corrected chi connectivity index (χ4v) is 2.00. The van der Waals surface area contributed by atoms with Gasteiger partial charge in [-0.15, -0.1) is 0 Å². The third-order valence-electron chi connectivity index (χ3n) is 2.75. The summed E-state index contributed by atoms with van der Waals surface area (Å²) >= 11 is 9.24. The van der Waals surface area contributed by atoms with Crippen molar-refractivity contribution in [3.63, 3.8) is 0 Å². The van der Waals surface area contributed by atoms with Crippen molar-refractivity contribution in [2.75, 3.05) is 0 Å². The maximum atomic E-state index is 5.87. The maximum absolute atomic E-state index is 5.87. The van der Waals surface area contributed by atoms with Crippen molar-refractivity contribution in [3.8, 4) is 0 Å².